The summed E-state index contributed by atoms with van der Waals surface area (Å²) in [5, 5.41) is 3.92. The van der Waals surface area contributed by atoms with Crippen molar-refractivity contribution in [2.24, 2.45) is 11.8 Å². The second-order valence-corrected chi connectivity index (χ2v) is 6.88. The van der Waals surface area contributed by atoms with Crippen LogP contribution >= 0.6 is 15.9 Å². The second-order valence-electron chi connectivity index (χ2n) is 5.96. The number of rotatable bonds is 4. The fourth-order valence-corrected chi connectivity index (χ4v) is 4.12. The Labute approximate surface area is 118 Å². The molecule has 0 aromatic heterocycles. The molecule has 0 heterocycles. The number of nitrogens with one attached hydrogen (secondary N) is 1. The third-order valence-corrected chi connectivity index (χ3v) is 5.36. The highest BCUT2D eigenvalue weighted by molar-refractivity contribution is 9.10. The first-order valence-electron chi connectivity index (χ1n) is 7.27. The van der Waals surface area contributed by atoms with Crippen molar-refractivity contribution in [3.05, 3.63) is 34.3 Å². The molecule has 1 nitrogen and oxygen atoms in total. The van der Waals surface area contributed by atoms with Crippen molar-refractivity contribution < 1.29 is 0 Å². The molecule has 0 aliphatic heterocycles. The van der Waals surface area contributed by atoms with E-state index in [9.17, 15) is 0 Å². The highest BCUT2D eigenvalue weighted by atomic mass is 79.9. The van der Waals surface area contributed by atoms with Gasteiger partial charge in [-0.2, -0.15) is 0 Å². The minimum absolute atomic E-state index is 0.530. The van der Waals surface area contributed by atoms with Crippen LogP contribution in [0.2, 0.25) is 0 Å². The van der Waals surface area contributed by atoms with Gasteiger partial charge in [-0.05, 0) is 55.2 Å². The standard InChI is InChI=1S/C16H22BrN/c1-2-15(12-5-7-14(17)8-6-12)18-16-10-11-3-4-13(16)9-11/h5-8,11,13,15-16,18H,2-4,9-10H2,1H3. The molecule has 1 aromatic carbocycles. The minimum atomic E-state index is 0.530. The molecule has 0 radical (unpaired) electrons. The van der Waals surface area contributed by atoms with Gasteiger partial charge in [0, 0.05) is 16.6 Å². The van der Waals surface area contributed by atoms with E-state index < -0.39 is 0 Å². The quantitative estimate of drug-likeness (QED) is 0.851. The van der Waals surface area contributed by atoms with Gasteiger partial charge in [0.25, 0.3) is 0 Å². The van der Waals surface area contributed by atoms with Gasteiger partial charge in [-0.25, -0.2) is 0 Å². The zero-order valence-electron chi connectivity index (χ0n) is 11.0. The van der Waals surface area contributed by atoms with Gasteiger partial charge in [-0.1, -0.05) is 41.4 Å². The van der Waals surface area contributed by atoms with Crippen molar-refractivity contribution in [3.63, 3.8) is 0 Å². The molecule has 0 amide bonds. The maximum Gasteiger partial charge on any atom is 0.0320 e. The largest absolute Gasteiger partial charge is 0.307 e. The van der Waals surface area contributed by atoms with Crippen LogP contribution in [0.5, 0.6) is 0 Å². The Hall–Kier alpha value is -0.340. The molecular formula is C16H22BrN. The molecular weight excluding hydrogens is 286 g/mol. The molecule has 0 saturated heterocycles. The summed E-state index contributed by atoms with van der Waals surface area (Å²) in [5.41, 5.74) is 1.43. The second kappa shape index (κ2) is 5.34. The summed E-state index contributed by atoms with van der Waals surface area (Å²) in [5.74, 6) is 1.98. The lowest BCUT2D eigenvalue weighted by Gasteiger charge is -2.28. The lowest BCUT2D eigenvalue weighted by Crippen LogP contribution is -2.36. The summed E-state index contributed by atoms with van der Waals surface area (Å²) >= 11 is 3.51. The zero-order chi connectivity index (χ0) is 12.5. The molecule has 2 saturated carbocycles. The number of hydrogen-bond acceptors (Lipinski definition) is 1. The van der Waals surface area contributed by atoms with Crippen LogP contribution in [-0.2, 0) is 0 Å². The molecule has 18 heavy (non-hydrogen) atoms. The van der Waals surface area contributed by atoms with Gasteiger partial charge in [0.1, 0.15) is 0 Å². The summed E-state index contributed by atoms with van der Waals surface area (Å²) in [6.07, 6.45) is 7.01. The minimum Gasteiger partial charge on any atom is -0.307 e. The third kappa shape index (κ3) is 2.50. The Kier molecular flexibility index (Phi) is 3.76. The SMILES string of the molecule is CCC(NC1CC2CCC1C2)c1ccc(Br)cc1. The first-order valence-corrected chi connectivity index (χ1v) is 8.07. The molecule has 2 aliphatic carbocycles. The van der Waals surface area contributed by atoms with Gasteiger partial charge in [0.05, 0.1) is 0 Å². The number of hydrogen-bond donors (Lipinski definition) is 1. The van der Waals surface area contributed by atoms with E-state index >= 15 is 0 Å². The number of halogens is 1. The van der Waals surface area contributed by atoms with E-state index in [1.54, 1.807) is 0 Å². The van der Waals surface area contributed by atoms with Crippen LogP contribution in [-0.4, -0.2) is 6.04 Å². The Morgan fingerprint density at radius 3 is 2.56 bits per heavy atom. The van der Waals surface area contributed by atoms with Crippen LogP contribution in [0.15, 0.2) is 28.7 Å². The summed E-state index contributed by atoms with van der Waals surface area (Å²) in [6, 6.07) is 10.1. The molecule has 2 fully saturated rings. The zero-order valence-corrected chi connectivity index (χ0v) is 12.6. The molecule has 2 heteroatoms. The van der Waals surface area contributed by atoms with E-state index in [1.807, 2.05) is 0 Å². The van der Waals surface area contributed by atoms with E-state index in [2.05, 4.69) is 52.4 Å². The fraction of sp³-hybridized carbons (Fsp3) is 0.625. The van der Waals surface area contributed by atoms with Crippen LogP contribution in [0.25, 0.3) is 0 Å². The van der Waals surface area contributed by atoms with Gasteiger partial charge < -0.3 is 5.32 Å². The van der Waals surface area contributed by atoms with E-state index in [0.717, 1.165) is 17.9 Å². The van der Waals surface area contributed by atoms with Gasteiger partial charge >= 0.3 is 0 Å². The molecule has 3 rings (SSSR count). The summed E-state index contributed by atoms with van der Waals surface area (Å²) < 4.78 is 1.17. The molecule has 2 bridgehead atoms. The molecule has 1 aromatic rings. The van der Waals surface area contributed by atoms with Crippen molar-refractivity contribution in [2.75, 3.05) is 0 Å². The topological polar surface area (TPSA) is 12.0 Å². The summed E-state index contributed by atoms with van der Waals surface area (Å²) in [4.78, 5) is 0. The van der Waals surface area contributed by atoms with Crippen molar-refractivity contribution in [1.82, 2.24) is 5.32 Å². The smallest absolute Gasteiger partial charge is 0.0320 e. The van der Waals surface area contributed by atoms with Crippen LogP contribution in [0.3, 0.4) is 0 Å². The van der Waals surface area contributed by atoms with Crippen LogP contribution in [0, 0.1) is 11.8 Å². The first-order chi connectivity index (χ1) is 8.76. The van der Waals surface area contributed by atoms with Crippen molar-refractivity contribution in [3.8, 4) is 0 Å². The molecule has 98 valence electrons. The van der Waals surface area contributed by atoms with Crippen LogP contribution in [0.4, 0.5) is 0 Å². The average Bonchev–Trinajstić information content (AvgIpc) is 2.99. The molecule has 2 aliphatic rings. The number of benzene rings is 1. The summed E-state index contributed by atoms with van der Waals surface area (Å²) in [6.45, 7) is 2.28. The van der Waals surface area contributed by atoms with E-state index in [1.165, 1.54) is 42.1 Å². The predicted molar refractivity (Wildman–Crippen MR) is 79.5 cm³/mol. The fourth-order valence-electron chi connectivity index (χ4n) is 3.85. The van der Waals surface area contributed by atoms with E-state index in [4.69, 9.17) is 0 Å². The summed E-state index contributed by atoms with van der Waals surface area (Å²) in [7, 11) is 0. The van der Waals surface area contributed by atoms with Crippen molar-refractivity contribution >= 4 is 15.9 Å². The Morgan fingerprint density at radius 2 is 2.00 bits per heavy atom. The predicted octanol–water partition coefficient (Wildman–Crippen LogP) is 4.68. The van der Waals surface area contributed by atoms with Crippen LogP contribution in [0.1, 0.15) is 50.6 Å². The van der Waals surface area contributed by atoms with Gasteiger partial charge in [0.2, 0.25) is 0 Å². The van der Waals surface area contributed by atoms with E-state index in [0.29, 0.717) is 6.04 Å². The highest BCUT2D eigenvalue weighted by Crippen LogP contribution is 2.45. The average molecular weight is 308 g/mol. The molecule has 4 atom stereocenters. The lowest BCUT2D eigenvalue weighted by atomic mass is 9.93. The molecule has 1 N–H and O–H groups in total. The van der Waals surface area contributed by atoms with Gasteiger partial charge in [-0.3, -0.25) is 0 Å². The molecule has 0 spiro atoms. The Bertz CT molecular complexity index is 400. The Morgan fingerprint density at radius 1 is 1.22 bits per heavy atom. The monoisotopic (exact) mass is 307 g/mol. The van der Waals surface area contributed by atoms with Crippen molar-refractivity contribution in [1.29, 1.82) is 0 Å². The molecule has 4 unspecified atom stereocenters. The van der Waals surface area contributed by atoms with Crippen molar-refractivity contribution in [2.45, 2.75) is 51.1 Å². The maximum atomic E-state index is 3.92. The highest BCUT2D eigenvalue weighted by Gasteiger charge is 2.39. The van der Waals surface area contributed by atoms with Crippen LogP contribution < -0.4 is 5.32 Å². The van der Waals surface area contributed by atoms with Gasteiger partial charge in [0.15, 0.2) is 0 Å². The Balaban J connectivity index is 1.67. The lowest BCUT2D eigenvalue weighted by molar-refractivity contribution is 0.315. The number of fused-ring (bicyclic) bond motifs is 2. The normalized spacial score (nSPS) is 31.8. The first kappa shape index (κ1) is 12.7. The third-order valence-electron chi connectivity index (χ3n) is 4.83. The maximum absolute atomic E-state index is 3.92. The van der Waals surface area contributed by atoms with Gasteiger partial charge in [-0.15, -0.1) is 0 Å². The van der Waals surface area contributed by atoms with E-state index in [-0.39, 0.29) is 0 Å².